The molecule has 1 aliphatic carbocycles. The number of nitrogens with one attached hydrogen (secondary N) is 1. The summed E-state index contributed by atoms with van der Waals surface area (Å²) in [6, 6.07) is 1.77. The van der Waals surface area contributed by atoms with Gasteiger partial charge in [0.25, 0.3) is 0 Å². The Morgan fingerprint density at radius 2 is 2.43 bits per heavy atom. The monoisotopic (exact) mass is 192 g/mol. The van der Waals surface area contributed by atoms with E-state index < -0.39 is 0 Å². The van der Waals surface area contributed by atoms with E-state index in [2.05, 4.69) is 10.3 Å². The van der Waals surface area contributed by atoms with Crippen LogP contribution in [0.4, 0.5) is 5.69 Å². The molecule has 0 saturated heterocycles. The molecule has 4 nitrogen and oxygen atoms in total. The Bertz CT molecular complexity index is 348. The lowest BCUT2D eigenvalue weighted by molar-refractivity contribution is 0.111. The van der Waals surface area contributed by atoms with Gasteiger partial charge in [0.1, 0.15) is 17.1 Å². The average Bonchev–Trinajstić information content (AvgIpc) is 3.01. The molecular formula is C10H12N2O2. The van der Waals surface area contributed by atoms with E-state index in [1.165, 1.54) is 0 Å². The van der Waals surface area contributed by atoms with Gasteiger partial charge in [0.05, 0.1) is 6.10 Å². The van der Waals surface area contributed by atoms with Crippen LogP contribution in [0.25, 0.3) is 0 Å². The number of anilines is 1. The second-order valence-corrected chi connectivity index (χ2v) is 3.25. The van der Waals surface area contributed by atoms with Crippen LogP contribution in [0.5, 0.6) is 5.75 Å². The number of ether oxygens (including phenoxy) is 1. The molecule has 1 heterocycles. The summed E-state index contributed by atoms with van der Waals surface area (Å²) in [6.45, 7) is 0. The number of hydrogen-bond donors (Lipinski definition) is 1. The number of nitrogens with zero attached hydrogens (tertiary/aromatic N) is 1. The molecule has 0 atom stereocenters. The summed E-state index contributed by atoms with van der Waals surface area (Å²) in [5.74, 6) is 0.715. The van der Waals surface area contributed by atoms with E-state index in [4.69, 9.17) is 4.74 Å². The zero-order valence-corrected chi connectivity index (χ0v) is 7.99. The Hall–Kier alpha value is -1.58. The first-order valence-corrected chi connectivity index (χ1v) is 4.63. The van der Waals surface area contributed by atoms with E-state index in [0.29, 0.717) is 23.2 Å². The number of carbonyl (C=O) groups is 1. The molecule has 0 bridgehead atoms. The summed E-state index contributed by atoms with van der Waals surface area (Å²) in [7, 11) is 1.75. The van der Waals surface area contributed by atoms with Crippen LogP contribution in [0, 0.1) is 0 Å². The topological polar surface area (TPSA) is 51.2 Å². The maximum Gasteiger partial charge on any atom is 0.170 e. The van der Waals surface area contributed by atoms with Crippen molar-refractivity contribution in [2.75, 3.05) is 12.4 Å². The fraction of sp³-hybridized carbons (Fsp3) is 0.400. The lowest BCUT2D eigenvalue weighted by Crippen LogP contribution is -2.04. The number of rotatable bonds is 4. The summed E-state index contributed by atoms with van der Waals surface area (Å²) in [5.41, 5.74) is 1.07. The minimum atomic E-state index is 0.323. The molecule has 2 rings (SSSR count). The largest absolute Gasteiger partial charge is 0.488 e. The summed E-state index contributed by atoms with van der Waals surface area (Å²) in [6.07, 6.45) is 4.83. The average molecular weight is 192 g/mol. The van der Waals surface area contributed by atoms with Crippen molar-refractivity contribution in [1.82, 2.24) is 4.98 Å². The minimum absolute atomic E-state index is 0.323. The molecule has 0 amide bonds. The van der Waals surface area contributed by atoms with Gasteiger partial charge in [-0.1, -0.05) is 0 Å². The maximum absolute atomic E-state index is 10.7. The van der Waals surface area contributed by atoms with Crippen LogP contribution in [0.15, 0.2) is 12.3 Å². The van der Waals surface area contributed by atoms with E-state index in [0.717, 1.165) is 19.1 Å². The first-order valence-electron chi connectivity index (χ1n) is 4.63. The third-order valence-electron chi connectivity index (χ3n) is 2.12. The standard InChI is InChI=1S/C10H12N2O2/c1-11-10-8(6-13)12-5-4-9(10)14-7-2-3-7/h4-7,11H,2-3H2,1H3. The first-order chi connectivity index (χ1) is 6.85. The molecule has 74 valence electrons. The van der Waals surface area contributed by atoms with Gasteiger partial charge in [-0.2, -0.15) is 0 Å². The van der Waals surface area contributed by atoms with Crippen LogP contribution in [0.3, 0.4) is 0 Å². The summed E-state index contributed by atoms with van der Waals surface area (Å²) in [4.78, 5) is 14.6. The van der Waals surface area contributed by atoms with Crippen molar-refractivity contribution < 1.29 is 9.53 Å². The third kappa shape index (κ3) is 1.69. The van der Waals surface area contributed by atoms with Gasteiger partial charge in [0.15, 0.2) is 6.29 Å². The second-order valence-electron chi connectivity index (χ2n) is 3.25. The normalized spacial score (nSPS) is 14.9. The Labute approximate surface area is 82.3 Å². The molecule has 0 radical (unpaired) electrons. The van der Waals surface area contributed by atoms with Crippen LogP contribution < -0.4 is 10.1 Å². The number of aldehydes is 1. The fourth-order valence-electron chi connectivity index (χ4n) is 1.26. The SMILES string of the molecule is CNc1c(OC2CC2)ccnc1C=O. The second kappa shape index (κ2) is 3.65. The summed E-state index contributed by atoms with van der Waals surface area (Å²) >= 11 is 0. The van der Waals surface area contributed by atoms with Gasteiger partial charge < -0.3 is 10.1 Å². The van der Waals surface area contributed by atoms with Crippen molar-refractivity contribution in [2.45, 2.75) is 18.9 Å². The van der Waals surface area contributed by atoms with Crippen molar-refractivity contribution in [3.63, 3.8) is 0 Å². The van der Waals surface area contributed by atoms with Crippen molar-refractivity contribution in [2.24, 2.45) is 0 Å². The molecule has 0 aliphatic heterocycles. The molecule has 0 aromatic carbocycles. The predicted molar refractivity (Wildman–Crippen MR) is 52.8 cm³/mol. The summed E-state index contributed by atoms with van der Waals surface area (Å²) < 4.78 is 5.63. The predicted octanol–water partition coefficient (Wildman–Crippen LogP) is 1.48. The lowest BCUT2D eigenvalue weighted by Gasteiger charge is -2.10. The molecule has 1 saturated carbocycles. The Morgan fingerprint density at radius 1 is 1.64 bits per heavy atom. The Kier molecular flexibility index (Phi) is 2.35. The zero-order valence-electron chi connectivity index (χ0n) is 7.99. The van der Waals surface area contributed by atoms with E-state index in [9.17, 15) is 4.79 Å². The van der Waals surface area contributed by atoms with Crippen molar-refractivity contribution in [3.05, 3.63) is 18.0 Å². The number of aromatic nitrogens is 1. The van der Waals surface area contributed by atoms with Gasteiger partial charge in [0.2, 0.25) is 0 Å². The molecule has 1 aliphatic rings. The van der Waals surface area contributed by atoms with Gasteiger partial charge in [-0.05, 0) is 12.8 Å². The molecule has 0 spiro atoms. The van der Waals surface area contributed by atoms with Gasteiger partial charge in [0, 0.05) is 19.3 Å². The maximum atomic E-state index is 10.7. The number of carbonyl (C=O) groups excluding carboxylic acids is 1. The third-order valence-corrected chi connectivity index (χ3v) is 2.12. The van der Waals surface area contributed by atoms with E-state index in [1.54, 1.807) is 19.3 Å². The number of hydrogen-bond acceptors (Lipinski definition) is 4. The highest BCUT2D eigenvalue weighted by molar-refractivity contribution is 5.84. The van der Waals surface area contributed by atoms with Crippen LogP contribution in [-0.4, -0.2) is 24.4 Å². The van der Waals surface area contributed by atoms with Crippen LogP contribution in [0.2, 0.25) is 0 Å². The fourth-order valence-corrected chi connectivity index (χ4v) is 1.26. The zero-order chi connectivity index (χ0) is 9.97. The van der Waals surface area contributed by atoms with Gasteiger partial charge >= 0.3 is 0 Å². The first kappa shape index (κ1) is 8.99. The Balaban J connectivity index is 2.30. The molecule has 1 N–H and O–H groups in total. The van der Waals surface area contributed by atoms with Crippen LogP contribution >= 0.6 is 0 Å². The summed E-state index contributed by atoms with van der Waals surface area (Å²) in [5, 5.41) is 2.93. The number of pyridine rings is 1. The van der Waals surface area contributed by atoms with Crippen molar-refractivity contribution >= 4 is 12.0 Å². The highest BCUT2D eigenvalue weighted by Gasteiger charge is 2.25. The molecule has 1 aromatic heterocycles. The van der Waals surface area contributed by atoms with Crippen molar-refractivity contribution in [3.8, 4) is 5.75 Å². The minimum Gasteiger partial charge on any atom is -0.488 e. The molecule has 1 fully saturated rings. The van der Waals surface area contributed by atoms with Crippen LogP contribution in [0.1, 0.15) is 23.3 Å². The quantitative estimate of drug-likeness (QED) is 0.734. The van der Waals surface area contributed by atoms with Gasteiger partial charge in [-0.3, -0.25) is 9.78 Å². The van der Waals surface area contributed by atoms with Crippen molar-refractivity contribution in [1.29, 1.82) is 0 Å². The van der Waals surface area contributed by atoms with Crippen LogP contribution in [-0.2, 0) is 0 Å². The molecule has 0 unspecified atom stereocenters. The van der Waals surface area contributed by atoms with E-state index in [-0.39, 0.29) is 0 Å². The van der Waals surface area contributed by atoms with E-state index in [1.807, 2.05) is 0 Å². The highest BCUT2D eigenvalue weighted by atomic mass is 16.5. The molecule has 14 heavy (non-hydrogen) atoms. The van der Waals surface area contributed by atoms with Gasteiger partial charge in [-0.25, -0.2) is 0 Å². The van der Waals surface area contributed by atoms with E-state index >= 15 is 0 Å². The molecular weight excluding hydrogens is 180 g/mol. The smallest absolute Gasteiger partial charge is 0.170 e. The Morgan fingerprint density at radius 3 is 3.00 bits per heavy atom. The molecule has 1 aromatic rings. The highest BCUT2D eigenvalue weighted by Crippen LogP contribution is 2.32. The van der Waals surface area contributed by atoms with Gasteiger partial charge in [-0.15, -0.1) is 0 Å². The lowest BCUT2D eigenvalue weighted by atomic mass is 10.3. The molecule has 4 heteroatoms.